The molecule has 0 spiro atoms. The zero-order valence-corrected chi connectivity index (χ0v) is 14.0. The van der Waals surface area contributed by atoms with Crippen molar-refractivity contribution in [2.24, 2.45) is 0 Å². The molecule has 0 heterocycles. The lowest BCUT2D eigenvalue weighted by Crippen LogP contribution is -2.35. The molecule has 2 aromatic rings. The van der Waals surface area contributed by atoms with Crippen LogP contribution in [0.25, 0.3) is 0 Å². The van der Waals surface area contributed by atoms with E-state index in [1.807, 2.05) is 0 Å². The third kappa shape index (κ3) is 3.62. The van der Waals surface area contributed by atoms with E-state index in [0.29, 0.717) is 23.0 Å². The summed E-state index contributed by atoms with van der Waals surface area (Å²) in [4.78, 5) is 12.1. The van der Waals surface area contributed by atoms with Crippen LogP contribution in [-0.4, -0.2) is 19.7 Å². The van der Waals surface area contributed by atoms with Crippen molar-refractivity contribution in [3.8, 4) is 5.75 Å². The minimum atomic E-state index is -0.301. The maximum Gasteiger partial charge on any atom is 0.319 e. The van der Waals surface area contributed by atoms with Gasteiger partial charge in [0, 0.05) is 17.6 Å². The molecule has 0 aliphatic heterocycles. The van der Waals surface area contributed by atoms with Gasteiger partial charge in [-0.3, -0.25) is 0 Å². The highest BCUT2D eigenvalue weighted by molar-refractivity contribution is 6.32. The minimum absolute atomic E-state index is 0.0808. The molecule has 1 aliphatic rings. The molecule has 0 bridgehead atoms. The summed E-state index contributed by atoms with van der Waals surface area (Å²) in [6.07, 6.45) is 1.96. The number of rotatable bonds is 5. The highest BCUT2D eigenvalue weighted by Gasteiger charge is 2.44. The maximum absolute atomic E-state index is 13.0. The molecule has 2 N–H and O–H groups in total. The monoisotopic (exact) mass is 348 g/mol. The lowest BCUT2D eigenvalue weighted by atomic mass is 9.96. The van der Waals surface area contributed by atoms with Gasteiger partial charge in [-0.2, -0.15) is 0 Å². The van der Waals surface area contributed by atoms with Gasteiger partial charge >= 0.3 is 6.03 Å². The summed E-state index contributed by atoms with van der Waals surface area (Å²) in [5.74, 6) is 0.299. The average Bonchev–Trinajstić information content (AvgIpc) is 3.35. The van der Waals surface area contributed by atoms with Crippen LogP contribution in [0.15, 0.2) is 42.5 Å². The van der Waals surface area contributed by atoms with Gasteiger partial charge in [-0.15, -0.1) is 0 Å². The molecule has 1 aliphatic carbocycles. The SMILES string of the molecule is COc1ccc(NC(=O)NCC2(c3ccc(F)cc3)CC2)cc1Cl. The van der Waals surface area contributed by atoms with E-state index in [9.17, 15) is 9.18 Å². The number of urea groups is 1. The summed E-state index contributed by atoms with van der Waals surface area (Å²) in [6, 6.07) is 11.2. The lowest BCUT2D eigenvalue weighted by Gasteiger charge is -2.17. The fourth-order valence-corrected chi connectivity index (χ4v) is 2.95. The van der Waals surface area contributed by atoms with E-state index >= 15 is 0 Å². The summed E-state index contributed by atoms with van der Waals surface area (Å²) >= 11 is 6.04. The summed E-state index contributed by atoms with van der Waals surface area (Å²) in [7, 11) is 1.53. The summed E-state index contributed by atoms with van der Waals surface area (Å²) in [6.45, 7) is 0.508. The van der Waals surface area contributed by atoms with Crippen LogP contribution in [0, 0.1) is 5.82 Å². The van der Waals surface area contributed by atoms with Crippen LogP contribution >= 0.6 is 11.6 Å². The number of carbonyl (C=O) groups is 1. The van der Waals surface area contributed by atoms with Crippen molar-refractivity contribution in [2.75, 3.05) is 19.0 Å². The summed E-state index contributed by atoms with van der Waals surface area (Å²) in [5.41, 5.74) is 1.56. The first-order valence-corrected chi connectivity index (χ1v) is 8.05. The van der Waals surface area contributed by atoms with E-state index in [2.05, 4.69) is 10.6 Å². The van der Waals surface area contributed by atoms with Crippen LogP contribution < -0.4 is 15.4 Å². The number of hydrogen-bond acceptors (Lipinski definition) is 2. The topological polar surface area (TPSA) is 50.4 Å². The van der Waals surface area contributed by atoms with Crippen LogP contribution in [-0.2, 0) is 5.41 Å². The number of methoxy groups -OCH3 is 1. The van der Waals surface area contributed by atoms with Gasteiger partial charge in [0.05, 0.1) is 12.1 Å². The Bertz CT molecular complexity index is 745. The van der Waals surface area contributed by atoms with E-state index in [0.717, 1.165) is 18.4 Å². The molecule has 2 aromatic carbocycles. The average molecular weight is 349 g/mol. The molecule has 126 valence electrons. The Hall–Kier alpha value is -2.27. The van der Waals surface area contributed by atoms with E-state index in [1.54, 1.807) is 30.3 Å². The van der Waals surface area contributed by atoms with Crippen LogP contribution in [0.1, 0.15) is 18.4 Å². The highest BCUT2D eigenvalue weighted by Crippen LogP contribution is 2.47. The molecule has 4 nitrogen and oxygen atoms in total. The Morgan fingerprint density at radius 2 is 1.96 bits per heavy atom. The van der Waals surface area contributed by atoms with E-state index in [1.165, 1.54) is 19.2 Å². The van der Waals surface area contributed by atoms with Crippen molar-refractivity contribution >= 4 is 23.3 Å². The summed E-state index contributed by atoms with van der Waals surface area (Å²) in [5, 5.41) is 6.05. The molecule has 0 atom stereocenters. The van der Waals surface area contributed by atoms with Gasteiger partial charge in [0.1, 0.15) is 11.6 Å². The second-order valence-corrected chi connectivity index (χ2v) is 6.35. The Labute approximate surface area is 145 Å². The number of benzene rings is 2. The van der Waals surface area contributed by atoms with Crippen LogP contribution in [0.5, 0.6) is 5.75 Å². The molecule has 1 saturated carbocycles. The zero-order valence-electron chi connectivity index (χ0n) is 13.2. The second-order valence-electron chi connectivity index (χ2n) is 5.94. The number of halogens is 2. The van der Waals surface area contributed by atoms with E-state index in [4.69, 9.17) is 16.3 Å². The van der Waals surface area contributed by atoms with Crippen molar-refractivity contribution in [1.29, 1.82) is 0 Å². The number of ether oxygens (including phenoxy) is 1. The minimum Gasteiger partial charge on any atom is -0.495 e. The Kier molecular flexibility index (Phi) is 4.62. The Morgan fingerprint density at radius 3 is 2.54 bits per heavy atom. The van der Waals surface area contributed by atoms with Crippen molar-refractivity contribution in [3.63, 3.8) is 0 Å². The Morgan fingerprint density at radius 1 is 1.25 bits per heavy atom. The van der Waals surface area contributed by atoms with Crippen LogP contribution in [0.2, 0.25) is 5.02 Å². The molecule has 3 rings (SSSR count). The highest BCUT2D eigenvalue weighted by atomic mass is 35.5. The molecule has 1 fully saturated rings. The Balaban J connectivity index is 1.58. The molecule has 0 aromatic heterocycles. The fraction of sp³-hybridized carbons (Fsp3) is 0.278. The molecule has 0 saturated heterocycles. The van der Waals surface area contributed by atoms with Gasteiger partial charge < -0.3 is 15.4 Å². The maximum atomic E-state index is 13.0. The smallest absolute Gasteiger partial charge is 0.319 e. The molecule has 0 unspecified atom stereocenters. The quantitative estimate of drug-likeness (QED) is 0.844. The van der Waals surface area contributed by atoms with Crippen molar-refractivity contribution in [1.82, 2.24) is 5.32 Å². The molecular weight excluding hydrogens is 331 g/mol. The van der Waals surface area contributed by atoms with Gasteiger partial charge in [0.2, 0.25) is 0 Å². The van der Waals surface area contributed by atoms with Gasteiger partial charge in [-0.1, -0.05) is 23.7 Å². The predicted octanol–water partition coefficient (Wildman–Crippen LogP) is 4.34. The van der Waals surface area contributed by atoms with E-state index in [-0.39, 0.29) is 17.3 Å². The van der Waals surface area contributed by atoms with Gasteiger partial charge in [-0.25, -0.2) is 9.18 Å². The number of nitrogens with one attached hydrogen (secondary N) is 2. The second kappa shape index (κ2) is 6.69. The third-order valence-corrected chi connectivity index (χ3v) is 4.60. The van der Waals surface area contributed by atoms with Crippen LogP contribution in [0.4, 0.5) is 14.9 Å². The van der Waals surface area contributed by atoms with Crippen molar-refractivity contribution in [2.45, 2.75) is 18.3 Å². The number of anilines is 1. The van der Waals surface area contributed by atoms with Crippen LogP contribution in [0.3, 0.4) is 0 Å². The first-order chi connectivity index (χ1) is 11.5. The molecule has 6 heteroatoms. The standard InChI is InChI=1S/C18H18ClFN2O2/c1-24-16-7-6-14(10-15(16)19)22-17(23)21-11-18(8-9-18)12-2-4-13(20)5-3-12/h2-7,10H,8-9,11H2,1H3,(H2,21,22,23). The normalized spacial score (nSPS) is 14.8. The zero-order chi connectivity index (χ0) is 17.2. The fourth-order valence-electron chi connectivity index (χ4n) is 2.69. The third-order valence-electron chi connectivity index (χ3n) is 4.31. The van der Waals surface area contributed by atoms with Gasteiger partial charge in [0.25, 0.3) is 0 Å². The number of amides is 2. The van der Waals surface area contributed by atoms with Gasteiger partial charge in [0.15, 0.2) is 0 Å². The molecular formula is C18H18ClFN2O2. The first kappa shape index (κ1) is 16.6. The molecule has 24 heavy (non-hydrogen) atoms. The largest absolute Gasteiger partial charge is 0.495 e. The number of hydrogen-bond donors (Lipinski definition) is 2. The molecule has 2 amide bonds. The molecule has 0 radical (unpaired) electrons. The first-order valence-electron chi connectivity index (χ1n) is 7.67. The van der Waals surface area contributed by atoms with Crippen molar-refractivity contribution < 1.29 is 13.9 Å². The van der Waals surface area contributed by atoms with Gasteiger partial charge in [-0.05, 0) is 48.7 Å². The lowest BCUT2D eigenvalue weighted by molar-refractivity contribution is 0.251. The summed E-state index contributed by atoms with van der Waals surface area (Å²) < 4.78 is 18.1. The van der Waals surface area contributed by atoms with E-state index < -0.39 is 0 Å². The predicted molar refractivity (Wildman–Crippen MR) is 92.3 cm³/mol. The van der Waals surface area contributed by atoms with Crippen molar-refractivity contribution in [3.05, 3.63) is 58.9 Å². The number of carbonyl (C=O) groups excluding carboxylic acids is 1.